The first-order valence-corrected chi connectivity index (χ1v) is 6.40. The number of carbonyl (C=O) groups is 1. The molecule has 0 bridgehead atoms. The highest BCUT2D eigenvalue weighted by molar-refractivity contribution is 5.87. The highest BCUT2D eigenvalue weighted by atomic mass is 16.5. The molecule has 20 heavy (non-hydrogen) atoms. The zero-order valence-corrected chi connectivity index (χ0v) is 11.5. The van der Waals surface area contributed by atoms with Crippen molar-refractivity contribution in [3.63, 3.8) is 0 Å². The highest BCUT2D eigenvalue weighted by Crippen LogP contribution is 2.12. The van der Waals surface area contributed by atoms with Crippen molar-refractivity contribution < 1.29 is 14.6 Å². The number of carboxylic acids is 1. The average molecular weight is 275 g/mol. The van der Waals surface area contributed by atoms with Crippen LogP contribution >= 0.6 is 0 Å². The lowest BCUT2D eigenvalue weighted by molar-refractivity contribution is 0.0697. The van der Waals surface area contributed by atoms with Crippen LogP contribution in [0.15, 0.2) is 24.3 Å². The van der Waals surface area contributed by atoms with E-state index in [0.29, 0.717) is 12.4 Å². The maximum Gasteiger partial charge on any atom is 0.335 e. The Balaban J connectivity index is 1.78. The summed E-state index contributed by atoms with van der Waals surface area (Å²) in [5.41, 5.74) is 0.256. The molecule has 6 nitrogen and oxygen atoms in total. The van der Waals surface area contributed by atoms with Gasteiger partial charge in [-0.1, -0.05) is 0 Å². The fourth-order valence-corrected chi connectivity index (χ4v) is 1.87. The first kappa shape index (κ1) is 14.0. The highest BCUT2D eigenvalue weighted by Gasteiger charge is 2.03. The zero-order valence-electron chi connectivity index (χ0n) is 11.5. The van der Waals surface area contributed by atoms with Crippen LogP contribution in [0.5, 0.6) is 5.75 Å². The van der Waals surface area contributed by atoms with E-state index in [0.717, 1.165) is 24.6 Å². The fourth-order valence-electron chi connectivity index (χ4n) is 1.87. The third-order valence-corrected chi connectivity index (χ3v) is 2.85. The molecule has 0 radical (unpaired) electrons. The van der Waals surface area contributed by atoms with Gasteiger partial charge in [0, 0.05) is 13.0 Å². The number of aromatic nitrogens is 3. The van der Waals surface area contributed by atoms with Gasteiger partial charge in [-0.05, 0) is 38.1 Å². The van der Waals surface area contributed by atoms with Gasteiger partial charge >= 0.3 is 5.97 Å². The third kappa shape index (κ3) is 3.57. The van der Waals surface area contributed by atoms with Gasteiger partial charge in [0.15, 0.2) is 0 Å². The van der Waals surface area contributed by atoms with E-state index in [2.05, 4.69) is 10.1 Å². The maximum atomic E-state index is 10.7. The summed E-state index contributed by atoms with van der Waals surface area (Å²) in [6, 6.07) is 6.38. The Bertz CT molecular complexity index is 590. The zero-order chi connectivity index (χ0) is 14.5. The maximum absolute atomic E-state index is 10.7. The van der Waals surface area contributed by atoms with Crippen LogP contribution in [0, 0.1) is 13.8 Å². The minimum atomic E-state index is -0.937. The Kier molecular flexibility index (Phi) is 4.34. The van der Waals surface area contributed by atoms with E-state index in [-0.39, 0.29) is 5.56 Å². The van der Waals surface area contributed by atoms with Gasteiger partial charge in [0.05, 0.1) is 12.2 Å². The van der Waals surface area contributed by atoms with Crippen LogP contribution in [-0.4, -0.2) is 32.4 Å². The van der Waals surface area contributed by atoms with Gasteiger partial charge in [-0.15, -0.1) is 0 Å². The van der Waals surface area contributed by atoms with Crippen molar-refractivity contribution in [2.75, 3.05) is 6.61 Å². The molecule has 0 saturated heterocycles. The summed E-state index contributed by atoms with van der Waals surface area (Å²) in [7, 11) is 0. The average Bonchev–Trinajstić information content (AvgIpc) is 2.73. The first-order chi connectivity index (χ1) is 9.56. The number of carboxylic acid groups (broad SMARTS) is 1. The van der Waals surface area contributed by atoms with Crippen molar-refractivity contribution in [3.8, 4) is 5.75 Å². The molecule has 2 rings (SSSR count). The minimum Gasteiger partial charge on any atom is -0.494 e. The molecule has 0 aliphatic rings. The number of rotatable bonds is 6. The molecule has 106 valence electrons. The molecule has 1 heterocycles. The lowest BCUT2D eigenvalue weighted by Gasteiger charge is -2.07. The van der Waals surface area contributed by atoms with Gasteiger partial charge < -0.3 is 9.84 Å². The van der Waals surface area contributed by atoms with E-state index in [1.165, 1.54) is 12.1 Å². The predicted molar refractivity (Wildman–Crippen MR) is 73.0 cm³/mol. The second-order valence-corrected chi connectivity index (χ2v) is 4.46. The van der Waals surface area contributed by atoms with Gasteiger partial charge in [0.2, 0.25) is 0 Å². The van der Waals surface area contributed by atoms with E-state index in [9.17, 15) is 4.79 Å². The largest absolute Gasteiger partial charge is 0.494 e. The summed E-state index contributed by atoms with van der Waals surface area (Å²) in [4.78, 5) is 14.9. The van der Waals surface area contributed by atoms with Crippen molar-refractivity contribution in [1.82, 2.24) is 14.8 Å². The molecule has 1 aromatic heterocycles. The molecule has 0 atom stereocenters. The Morgan fingerprint density at radius 2 is 2.00 bits per heavy atom. The van der Waals surface area contributed by atoms with E-state index in [1.807, 2.05) is 18.5 Å². The Hall–Kier alpha value is -2.37. The van der Waals surface area contributed by atoms with Crippen LogP contribution in [0.1, 0.15) is 28.4 Å². The summed E-state index contributed by atoms with van der Waals surface area (Å²) in [5.74, 6) is 1.40. The SMILES string of the molecule is Cc1nc(C)n(CCCOc2ccc(C(=O)O)cc2)n1. The Morgan fingerprint density at radius 1 is 1.30 bits per heavy atom. The van der Waals surface area contributed by atoms with Gasteiger partial charge in [0.25, 0.3) is 0 Å². The molecule has 0 unspecified atom stereocenters. The summed E-state index contributed by atoms with van der Waals surface area (Å²) >= 11 is 0. The molecule has 0 amide bonds. The predicted octanol–water partition coefficient (Wildman–Crippen LogP) is 2.06. The summed E-state index contributed by atoms with van der Waals surface area (Å²) < 4.78 is 7.41. The van der Waals surface area contributed by atoms with Crippen molar-refractivity contribution in [2.24, 2.45) is 0 Å². The van der Waals surface area contributed by atoms with E-state index in [4.69, 9.17) is 9.84 Å². The minimum absolute atomic E-state index is 0.256. The number of nitrogens with zero attached hydrogens (tertiary/aromatic N) is 3. The lowest BCUT2D eigenvalue weighted by atomic mass is 10.2. The molecule has 1 aromatic carbocycles. The Morgan fingerprint density at radius 3 is 2.55 bits per heavy atom. The number of hydrogen-bond donors (Lipinski definition) is 1. The summed E-state index contributed by atoms with van der Waals surface area (Å²) in [6.07, 6.45) is 0.810. The van der Waals surface area contributed by atoms with E-state index < -0.39 is 5.97 Å². The van der Waals surface area contributed by atoms with Crippen LogP contribution in [0.25, 0.3) is 0 Å². The molecule has 0 aliphatic heterocycles. The van der Waals surface area contributed by atoms with Gasteiger partial charge in [-0.25, -0.2) is 14.5 Å². The topological polar surface area (TPSA) is 77.2 Å². The van der Waals surface area contributed by atoms with Gasteiger partial charge in [-0.2, -0.15) is 5.10 Å². The smallest absolute Gasteiger partial charge is 0.335 e. The number of hydrogen-bond acceptors (Lipinski definition) is 4. The van der Waals surface area contributed by atoms with Crippen molar-refractivity contribution >= 4 is 5.97 Å². The van der Waals surface area contributed by atoms with Crippen LogP contribution in [0.4, 0.5) is 0 Å². The fraction of sp³-hybridized carbons (Fsp3) is 0.357. The molecule has 6 heteroatoms. The molecule has 2 aromatic rings. The monoisotopic (exact) mass is 275 g/mol. The number of benzene rings is 1. The number of ether oxygens (including phenoxy) is 1. The second-order valence-electron chi connectivity index (χ2n) is 4.46. The second kappa shape index (κ2) is 6.18. The number of aromatic carboxylic acids is 1. The lowest BCUT2D eigenvalue weighted by Crippen LogP contribution is -2.07. The summed E-state index contributed by atoms with van der Waals surface area (Å²) in [5, 5.41) is 13.1. The molecule has 0 fully saturated rings. The standard InChI is InChI=1S/C14H17N3O3/c1-10-15-11(2)17(16-10)8-3-9-20-13-6-4-12(5-7-13)14(18)19/h4-7H,3,8-9H2,1-2H3,(H,18,19). The van der Waals surface area contributed by atoms with Gasteiger partial charge in [-0.3, -0.25) is 0 Å². The van der Waals surface area contributed by atoms with Crippen molar-refractivity contribution in [3.05, 3.63) is 41.5 Å². The van der Waals surface area contributed by atoms with Gasteiger partial charge in [0.1, 0.15) is 17.4 Å². The molecule has 0 aliphatic carbocycles. The molecule has 1 N–H and O–H groups in total. The molecule has 0 saturated carbocycles. The molecule has 0 spiro atoms. The van der Waals surface area contributed by atoms with Crippen molar-refractivity contribution in [2.45, 2.75) is 26.8 Å². The van der Waals surface area contributed by atoms with E-state index >= 15 is 0 Å². The van der Waals surface area contributed by atoms with Crippen LogP contribution in [0.3, 0.4) is 0 Å². The summed E-state index contributed by atoms with van der Waals surface area (Å²) in [6.45, 7) is 5.08. The van der Waals surface area contributed by atoms with Crippen LogP contribution in [-0.2, 0) is 6.54 Å². The Labute approximate surface area is 117 Å². The normalized spacial score (nSPS) is 10.5. The quantitative estimate of drug-likeness (QED) is 0.816. The molecular weight excluding hydrogens is 258 g/mol. The third-order valence-electron chi connectivity index (χ3n) is 2.85. The van der Waals surface area contributed by atoms with Crippen LogP contribution in [0.2, 0.25) is 0 Å². The number of aryl methyl sites for hydroxylation is 3. The van der Waals surface area contributed by atoms with Crippen LogP contribution < -0.4 is 4.74 Å². The first-order valence-electron chi connectivity index (χ1n) is 6.40. The van der Waals surface area contributed by atoms with E-state index in [1.54, 1.807) is 12.1 Å². The molecular formula is C14H17N3O3. The van der Waals surface area contributed by atoms with Crippen molar-refractivity contribution in [1.29, 1.82) is 0 Å².